The van der Waals surface area contributed by atoms with Gasteiger partial charge in [-0.2, -0.15) is 5.10 Å². The number of hydrogen-bond acceptors (Lipinski definition) is 3. The van der Waals surface area contributed by atoms with Gasteiger partial charge in [0.25, 0.3) is 0 Å². The summed E-state index contributed by atoms with van der Waals surface area (Å²) >= 11 is 5.27. The second-order valence-electron chi connectivity index (χ2n) is 6.69. The van der Waals surface area contributed by atoms with Gasteiger partial charge in [0.2, 0.25) is 5.91 Å². The van der Waals surface area contributed by atoms with Crippen molar-refractivity contribution in [2.45, 2.75) is 43.1 Å². The van der Waals surface area contributed by atoms with Gasteiger partial charge in [-0.15, -0.1) is 11.8 Å². The molecular weight excluding hydrogens is 386 g/mol. The maximum atomic E-state index is 12.5. The second kappa shape index (κ2) is 5.92. The highest BCUT2D eigenvalue weighted by molar-refractivity contribution is 9.10. The minimum absolute atomic E-state index is 0.0591. The molecule has 0 radical (unpaired) electrons. The summed E-state index contributed by atoms with van der Waals surface area (Å²) in [6.07, 6.45) is 2.40. The van der Waals surface area contributed by atoms with Gasteiger partial charge in [-0.05, 0) is 49.9 Å². The van der Waals surface area contributed by atoms with Crippen LogP contribution in [0, 0.1) is 6.92 Å². The van der Waals surface area contributed by atoms with Crippen LogP contribution in [0.3, 0.4) is 0 Å². The Labute approximate surface area is 154 Å². The second-order valence-corrected chi connectivity index (χ2v) is 9.06. The predicted octanol–water partition coefficient (Wildman–Crippen LogP) is 4.53. The van der Waals surface area contributed by atoms with Crippen LogP contribution in [-0.2, 0) is 11.8 Å². The normalized spacial score (nSPS) is 23.6. The van der Waals surface area contributed by atoms with Crippen molar-refractivity contribution in [3.8, 4) is 0 Å². The van der Waals surface area contributed by atoms with E-state index in [9.17, 15) is 4.79 Å². The van der Waals surface area contributed by atoms with Crippen LogP contribution in [0.2, 0.25) is 0 Å². The van der Waals surface area contributed by atoms with E-state index in [-0.39, 0.29) is 16.4 Å². The van der Waals surface area contributed by atoms with Gasteiger partial charge in [-0.1, -0.05) is 22.0 Å². The van der Waals surface area contributed by atoms with E-state index in [1.807, 2.05) is 18.7 Å². The van der Waals surface area contributed by atoms with Gasteiger partial charge in [0.05, 0.1) is 16.2 Å². The summed E-state index contributed by atoms with van der Waals surface area (Å²) in [6.45, 7) is 4.12. The molecule has 6 heteroatoms. The van der Waals surface area contributed by atoms with Crippen molar-refractivity contribution in [3.63, 3.8) is 0 Å². The highest BCUT2D eigenvalue weighted by atomic mass is 79.9. The lowest BCUT2D eigenvalue weighted by Gasteiger charge is -2.20. The molecule has 1 aromatic heterocycles. The monoisotopic (exact) mass is 405 g/mol. The summed E-state index contributed by atoms with van der Waals surface area (Å²) in [6, 6.07) is 6.40. The molecule has 1 saturated carbocycles. The van der Waals surface area contributed by atoms with Crippen molar-refractivity contribution in [1.29, 1.82) is 0 Å². The van der Waals surface area contributed by atoms with Gasteiger partial charge in [-0.25, -0.2) is 0 Å². The van der Waals surface area contributed by atoms with Crippen molar-refractivity contribution in [3.05, 3.63) is 45.1 Å². The van der Waals surface area contributed by atoms with Gasteiger partial charge in [0.1, 0.15) is 5.82 Å². The molecule has 1 aliphatic heterocycles. The third-order valence-electron chi connectivity index (χ3n) is 4.80. The van der Waals surface area contributed by atoms with Gasteiger partial charge >= 0.3 is 0 Å². The van der Waals surface area contributed by atoms with E-state index in [0.29, 0.717) is 5.92 Å². The Kier molecular flexibility index (Phi) is 4.00. The number of rotatable bonds is 2. The molecule has 2 aliphatic rings. The van der Waals surface area contributed by atoms with Gasteiger partial charge in [0.15, 0.2) is 0 Å². The minimum Gasteiger partial charge on any atom is -0.310 e. The molecule has 1 amide bonds. The largest absolute Gasteiger partial charge is 0.310 e. The number of anilines is 1. The number of nitrogens with one attached hydrogen (secondary N) is 1. The molecule has 2 unspecified atom stereocenters. The van der Waals surface area contributed by atoms with Crippen molar-refractivity contribution in [1.82, 2.24) is 9.78 Å². The molecule has 1 aromatic carbocycles. The molecule has 1 fully saturated rings. The van der Waals surface area contributed by atoms with Gasteiger partial charge in [-0.3, -0.25) is 9.48 Å². The van der Waals surface area contributed by atoms with Crippen molar-refractivity contribution in [2.75, 3.05) is 5.32 Å². The molecule has 24 heavy (non-hydrogen) atoms. The molecule has 4 rings (SSSR count). The molecule has 2 heterocycles. The zero-order chi connectivity index (χ0) is 17.0. The fourth-order valence-corrected chi connectivity index (χ4v) is 5.19. The number of benzene rings is 1. The number of halogens is 1. The summed E-state index contributed by atoms with van der Waals surface area (Å²) in [5.74, 6) is 1.47. The molecule has 1 aliphatic carbocycles. The highest BCUT2D eigenvalue weighted by Gasteiger charge is 2.39. The quantitative estimate of drug-likeness (QED) is 0.797. The maximum absolute atomic E-state index is 12.5. The summed E-state index contributed by atoms with van der Waals surface area (Å²) < 4.78 is 2.93. The number of aromatic nitrogens is 2. The van der Waals surface area contributed by atoms with E-state index in [1.165, 1.54) is 35.2 Å². The number of aryl methyl sites for hydroxylation is 2. The lowest BCUT2D eigenvalue weighted by molar-refractivity contribution is -0.115. The molecule has 2 aromatic rings. The average molecular weight is 406 g/mol. The fraction of sp³-hybridized carbons (Fsp3) is 0.444. The van der Waals surface area contributed by atoms with E-state index < -0.39 is 0 Å². The first kappa shape index (κ1) is 16.2. The fourth-order valence-electron chi connectivity index (χ4n) is 3.34. The van der Waals surface area contributed by atoms with Crippen LogP contribution in [0.15, 0.2) is 22.7 Å². The average Bonchev–Trinajstić information content (AvgIpc) is 3.32. The molecule has 126 valence electrons. The van der Waals surface area contributed by atoms with Crippen LogP contribution < -0.4 is 5.32 Å². The smallest absolute Gasteiger partial charge is 0.238 e. The molecule has 0 bridgehead atoms. The van der Waals surface area contributed by atoms with Crippen LogP contribution in [0.5, 0.6) is 0 Å². The van der Waals surface area contributed by atoms with Crippen LogP contribution in [0.1, 0.15) is 53.3 Å². The van der Waals surface area contributed by atoms with E-state index in [4.69, 9.17) is 5.10 Å². The summed E-state index contributed by atoms with van der Waals surface area (Å²) in [4.78, 5) is 12.5. The first-order chi connectivity index (χ1) is 11.5. The van der Waals surface area contributed by atoms with Crippen molar-refractivity contribution < 1.29 is 4.79 Å². The van der Waals surface area contributed by atoms with Crippen LogP contribution in [0.25, 0.3) is 0 Å². The van der Waals surface area contributed by atoms with Crippen LogP contribution in [0.4, 0.5) is 5.82 Å². The Bertz CT molecular complexity index is 828. The number of fused-ring (bicyclic) bond motifs is 1. The highest BCUT2D eigenvalue weighted by Crippen LogP contribution is 2.51. The van der Waals surface area contributed by atoms with Gasteiger partial charge < -0.3 is 5.32 Å². The zero-order valence-electron chi connectivity index (χ0n) is 14.0. The Morgan fingerprint density at radius 1 is 1.38 bits per heavy atom. The number of nitrogens with zero attached hydrogens (tertiary/aromatic N) is 2. The van der Waals surface area contributed by atoms with Crippen LogP contribution >= 0.6 is 27.7 Å². The Balaban J connectivity index is 1.91. The number of thioether (sulfide) groups is 1. The Morgan fingerprint density at radius 2 is 2.12 bits per heavy atom. The van der Waals surface area contributed by atoms with Gasteiger partial charge in [0, 0.05) is 23.0 Å². The lowest BCUT2D eigenvalue weighted by atomic mass is 9.98. The van der Waals surface area contributed by atoms with Crippen molar-refractivity contribution in [2.24, 2.45) is 7.05 Å². The topological polar surface area (TPSA) is 46.9 Å². The third kappa shape index (κ3) is 2.69. The Morgan fingerprint density at radius 3 is 2.79 bits per heavy atom. The van der Waals surface area contributed by atoms with E-state index in [1.54, 1.807) is 11.8 Å². The Hall–Kier alpha value is -1.27. The summed E-state index contributed by atoms with van der Waals surface area (Å²) in [5.41, 5.74) is 4.87. The van der Waals surface area contributed by atoms with E-state index in [0.717, 1.165) is 10.3 Å². The number of amides is 1. The molecule has 1 N–H and O–H groups in total. The SMILES string of the molecule is Cc1cc(Br)ccc1C1SC(C)C(=O)Nc2c1c(C1CC1)nn2C. The number of carbonyl (C=O) groups excluding carboxylic acids is 1. The van der Waals surface area contributed by atoms with E-state index >= 15 is 0 Å². The third-order valence-corrected chi connectivity index (χ3v) is 6.68. The predicted molar refractivity (Wildman–Crippen MR) is 102 cm³/mol. The first-order valence-corrected chi connectivity index (χ1v) is 9.98. The summed E-state index contributed by atoms with van der Waals surface area (Å²) in [5, 5.41) is 7.89. The van der Waals surface area contributed by atoms with E-state index in [2.05, 4.69) is 46.4 Å². The minimum atomic E-state index is -0.0995. The van der Waals surface area contributed by atoms with Crippen molar-refractivity contribution >= 4 is 39.4 Å². The lowest BCUT2D eigenvalue weighted by Crippen LogP contribution is -2.22. The van der Waals surface area contributed by atoms with Crippen LogP contribution in [-0.4, -0.2) is 20.9 Å². The number of hydrogen-bond donors (Lipinski definition) is 1. The molecule has 4 nitrogen and oxygen atoms in total. The zero-order valence-corrected chi connectivity index (χ0v) is 16.4. The molecule has 0 spiro atoms. The first-order valence-electron chi connectivity index (χ1n) is 8.25. The standard InChI is InChI=1S/C18H20BrN3OS/c1-9-8-12(19)6-7-13(9)16-14-15(11-4-5-11)21-22(3)17(14)20-18(23)10(2)24-16/h6-8,10-11,16H,4-5H2,1-3H3,(H,20,23). The molecular formula is C18H20BrN3OS. The maximum Gasteiger partial charge on any atom is 0.238 e. The summed E-state index contributed by atoms with van der Waals surface area (Å²) in [7, 11) is 1.93. The molecule has 2 atom stereocenters. The molecule has 0 saturated heterocycles. The number of carbonyl (C=O) groups is 1.